The molecule has 0 bridgehead atoms. The Hall–Kier alpha value is -2.14. The molecular weight excluding hydrogens is 294 g/mol. The molecule has 3 rings (SSSR count). The van der Waals surface area contributed by atoms with Gasteiger partial charge in [-0.15, -0.1) is 0 Å². The topological polar surface area (TPSA) is 146 Å². The Morgan fingerprint density at radius 3 is 2.95 bits per heavy atom. The van der Waals surface area contributed by atoms with E-state index >= 15 is 0 Å². The first kappa shape index (κ1) is 14.8. The Labute approximate surface area is 124 Å². The molecule has 10 heteroatoms. The summed E-state index contributed by atoms with van der Waals surface area (Å²) in [5.41, 5.74) is 6.48. The van der Waals surface area contributed by atoms with Crippen molar-refractivity contribution in [3.63, 3.8) is 0 Å². The molecule has 10 nitrogen and oxygen atoms in total. The summed E-state index contributed by atoms with van der Waals surface area (Å²) in [6, 6.07) is 0. The predicted molar refractivity (Wildman–Crippen MR) is 72.5 cm³/mol. The third kappa shape index (κ3) is 2.41. The van der Waals surface area contributed by atoms with Crippen LogP contribution in [0.3, 0.4) is 0 Å². The van der Waals surface area contributed by atoms with Crippen LogP contribution in [0.1, 0.15) is 6.23 Å². The van der Waals surface area contributed by atoms with E-state index in [0.29, 0.717) is 17.5 Å². The van der Waals surface area contributed by atoms with Crippen molar-refractivity contribution >= 4 is 23.3 Å². The second kappa shape index (κ2) is 5.93. The Morgan fingerprint density at radius 2 is 2.18 bits per heavy atom. The van der Waals surface area contributed by atoms with Gasteiger partial charge in [0.05, 0.1) is 12.9 Å². The second-order valence-electron chi connectivity index (χ2n) is 4.83. The smallest absolute Gasteiger partial charge is 0.167 e. The Kier molecular flexibility index (Phi) is 3.98. The summed E-state index contributed by atoms with van der Waals surface area (Å²) in [6.07, 6.45) is -0.732. The van der Waals surface area contributed by atoms with Crippen molar-refractivity contribution < 1.29 is 24.5 Å². The van der Waals surface area contributed by atoms with Crippen LogP contribution in [0.2, 0.25) is 0 Å². The van der Waals surface area contributed by atoms with Gasteiger partial charge in [0, 0.05) is 0 Å². The quantitative estimate of drug-likeness (QED) is 0.432. The number of hydrogen-bond donors (Lipinski definition) is 3. The Morgan fingerprint density at radius 1 is 1.36 bits per heavy atom. The van der Waals surface area contributed by atoms with E-state index in [1.807, 2.05) is 0 Å². The normalized spacial score (nSPS) is 28.3. The van der Waals surface area contributed by atoms with E-state index in [0.717, 1.165) is 0 Å². The van der Waals surface area contributed by atoms with Crippen molar-refractivity contribution in [3.05, 3.63) is 12.7 Å². The lowest BCUT2D eigenvalue weighted by molar-refractivity contribution is -0.115. The summed E-state index contributed by atoms with van der Waals surface area (Å²) in [5, 5.41) is 20.2. The molecule has 22 heavy (non-hydrogen) atoms. The zero-order valence-corrected chi connectivity index (χ0v) is 11.4. The summed E-state index contributed by atoms with van der Waals surface area (Å²) in [4.78, 5) is 22.2. The van der Waals surface area contributed by atoms with Crippen LogP contribution in [0.25, 0.3) is 11.2 Å². The summed E-state index contributed by atoms with van der Waals surface area (Å²) in [6.45, 7) is -0.123. The van der Waals surface area contributed by atoms with Crippen LogP contribution in [0.15, 0.2) is 12.7 Å². The van der Waals surface area contributed by atoms with Gasteiger partial charge in [-0.1, -0.05) is 0 Å². The molecule has 3 heterocycles. The zero-order chi connectivity index (χ0) is 15.7. The number of fused-ring (bicyclic) bond motifs is 1. The molecule has 4 N–H and O–H groups in total. The van der Waals surface area contributed by atoms with Gasteiger partial charge in [0.25, 0.3) is 0 Å². The number of rotatable bonds is 5. The number of hydrogen-bond acceptors (Lipinski definition) is 9. The molecule has 0 aliphatic carbocycles. The lowest BCUT2D eigenvalue weighted by Gasteiger charge is -2.16. The average molecular weight is 309 g/mol. The minimum atomic E-state index is -1.20. The highest BCUT2D eigenvalue weighted by Crippen LogP contribution is 2.31. The van der Waals surface area contributed by atoms with Crippen LogP contribution in [0.5, 0.6) is 0 Å². The maximum Gasteiger partial charge on any atom is 0.167 e. The fourth-order valence-electron chi connectivity index (χ4n) is 2.39. The first-order valence-electron chi connectivity index (χ1n) is 6.59. The monoisotopic (exact) mass is 309 g/mol. The van der Waals surface area contributed by atoms with Crippen molar-refractivity contribution in [2.45, 2.75) is 24.5 Å². The third-order valence-electron chi connectivity index (χ3n) is 3.47. The molecule has 1 aliphatic heterocycles. The van der Waals surface area contributed by atoms with E-state index in [4.69, 9.17) is 15.2 Å². The van der Waals surface area contributed by atoms with Crippen LogP contribution in [0, 0.1) is 0 Å². The highest BCUT2D eigenvalue weighted by molar-refractivity contribution is 5.81. The lowest BCUT2D eigenvalue weighted by atomic mass is 10.1. The van der Waals surface area contributed by atoms with E-state index in [9.17, 15) is 15.0 Å². The number of carbonyl (C=O) groups is 1. The molecule has 4 atom stereocenters. The number of aldehydes is 1. The molecule has 0 spiro atoms. The molecule has 2 aromatic rings. The Balaban J connectivity index is 1.84. The van der Waals surface area contributed by atoms with Crippen molar-refractivity contribution in [1.29, 1.82) is 0 Å². The van der Waals surface area contributed by atoms with Gasteiger partial charge in [-0.2, -0.15) is 0 Å². The molecule has 1 aliphatic rings. The molecule has 0 saturated carbocycles. The first-order chi connectivity index (χ1) is 10.6. The predicted octanol–water partition coefficient (Wildman–Crippen LogP) is -1.76. The Bertz CT molecular complexity index is 677. The largest absolute Gasteiger partial charge is 0.387 e. The van der Waals surface area contributed by atoms with E-state index in [-0.39, 0.29) is 19.0 Å². The minimum absolute atomic E-state index is 0.0166. The van der Waals surface area contributed by atoms with Gasteiger partial charge in [0.1, 0.15) is 43.0 Å². The number of nitrogen functional groups attached to an aromatic ring is 1. The molecular formula is C12H15N5O5. The van der Waals surface area contributed by atoms with Crippen LogP contribution in [0.4, 0.5) is 5.82 Å². The molecule has 0 aromatic carbocycles. The van der Waals surface area contributed by atoms with E-state index in [1.165, 1.54) is 17.2 Å². The minimum Gasteiger partial charge on any atom is -0.387 e. The molecule has 118 valence electrons. The van der Waals surface area contributed by atoms with E-state index in [2.05, 4.69) is 15.0 Å². The number of nitrogens with zero attached hydrogens (tertiary/aromatic N) is 4. The van der Waals surface area contributed by atoms with Crippen molar-refractivity contribution in [2.24, 2.45) is 0 Å². The summed E-state index contributed by atoms with van der Waals surface area (Å²) >= 11 is 0. The summed E-state index contributed by atoms with van der Waals surface area (Å²) in [5.74, 6) is 0.211. The number of anilines is 1. The maximum atomic E-state index is 10.2. The van der Waals surface area contributed by atoms with Gasteiger partial charge in [0.2, 0.25) is 0 Å². The first-order valence-corrected chi connectivity index (χ1v) is 6.59. The summed E-state index contributed by atoms with van der Waals surface area (Å²) in [7, 11) is 0. The third-order valence-corrected chi connectivity index (χ3v) is 3.47. The van der Waals surface area contributed by atoms with Gasteiger partial charge < -0.3 is 30.2 Å². The number of nitrogens with two attached hydrogens (primary N) is 1. The number of aliphatic hydroxyl groups is 2. The molecule has 1 saturated heterocycles. The van der Waals surface area contributed by atoms with Crippen LogP contribution < -0.4 is 5.73 Å². The lowest BCUT2D eigenvalue weighted by Crippen LogP contribution is -2.34. The van der Waals surface area contributed by atoms with Crippen LogP contribution in [-0.2, 0) is 14.3 Å². The van der Waals surface area contributed by atoms with Crippen molar-refractivity contribution in [1.82, 2.24) is 19.5 Å². The number of aliphatic hydroxyl groups excluding tert-OH is 2. The van der Waals surface area contributed by atoms with Gasteiger partial charge in [-0.25, -0.2) is 15.0 Å². The fraction of sp³-hybridized carbons (Fsp3) is 0.500. The van der Waals surface area contributed by atoms with Crippen LogP contribution >= 0.6 is 0 Å². The van der Waals surface area contributed by atoms with Crippen molar-refractivity contribution in [3.8, 4) is 0 Å². The fourth-order valence-corrected chi connectivity index (χ4v) is 2.39. The number of carbonyl (C=O) groups excluding carboxylic acids is 1. The van der Waals surface area contributed by atoms with Crippen LogP contribution in [-0.4, -0.2) is 67.5 Å². The van der Waals surface area contributed by atoms with Gasteiger partial charge in [0.15, 0.2) is 17.7 Å². The molecule has 1 fully saturated rings. The molecule has 0 unspecified atom stereocenters. The highest BCUT2D eigenvalue weighted by Gasteiger charge is 2.44. The van der Waals surface area contributed by atoms with Gasteiger partial charge in [-0.05, 0) is 0 Å². The van der Waals surface area contributed by atoms with Crippen molar-refractivity contribution in [2.75, 3.05) is 18.9 Å². The zero-order valence-electron chi connectivity index (χ0n) is 11.4. The van der Waals surface area contributed by atoms with E-state index in [1.54, 1.807) is 0 Å². The molecule has 0 radical (unpaired) electrons. The van der Waals surface area contributed by atoms with Gasteiger partial charge in [-0.3, -0.25) is 4.57 Å². The SMILES string of the molecule is Nc1ncnc2c1ncn2[C@@H]1O[C@H](COCC=O)[C@@H](O)[C@H]1O. The van der Waals surface area contributed by atoms with E-state index < -0.39 is 24.5 Å². The second-order valence-corrected chi connectivity index (χ2v) is 4.83. The highest BCUT2D eigenvalue weighted by atomic mass is 16.6. The molecule has 2 aromatic heterocycles. The number of imidazole rings is 1. The number of aromatic nitrogens is 4. The molecule has 0 amide bonds. The van der Waals surface area contributed by atoms with Gasteiger partial charge >= 0.3 is 0 Å². The maximum absolute atomic E-state index is 10.2. The number of ether oxygens (including phenoxy) is 2. The standard InChI is InChI=1S/C12H15N5O5/c13-10-7-11(15-4-14-10)17(5-16-7)12-9(20)8(19)6(22-12)3-21-2-1-18/h1,4-6,8-9,12,19-20H,2-3H2,(H2,13,14,15)/t6-,8-,9-,12-/m1/s1. The average Bonchev–Trinajstić information content (AvgIpc) is 3.05. The summed E-state index contributed by atoms with van der Waals surface area (Å²) < 4.78 is 12.1.